The lowest BCUT2D eigenvalue weighted by molar-refractivity contribution is 0.0883. The number of benzene rings is 1. The van der Waals surface area contributed by atoms with Gasteiger partial charge in [-0.1, -0.05) is 17.7 Å². The number of Topliss-reactive ketones (excluding diaryl/α,β-unsaturated/α-hetero) is 1. The first-order valence-corrected chi connectivity index (χ1v) is 6.40. The average molecular weight is 212 g/mol. The van der Waals surface area contributed by atoms with Crippen LogP contribution in [0.4, 0.5) is 0 Å². The fourth-order valence-electron chi connectivity index (χ4n) is 4.47. The highest BCUT2D eigenvalue weighted by molar-refractivity contribution is 6.04. The first-order chi connectivity index (χ1) is 7.75. The molecule has 2 saturated carbocycles. The molecule has 3 aliphatic carbocycles. The number of carbonyl (C=O) groups is 1. The second-order valence-corrected chi connectivity index (χ2v) is 5.84. The van der Waals surface area contributed by atoms with E-state index in [1.165, 1.54) is 30.4 Å². The summed E-state index contributed by atoms with van der Waals surface area (Å²) in [6, 6.07) is 6.49. The van der Waals surface area contributed by atoms with Crippen LogP contribution in [0.5, 0.6) is 0 Å². The SMILES string of the molecule is Cc1ccc2c(c1)C(=O)C1C3CCC(C3)C21. The second-order valence-electron chi connectivity index (χ2n) is 5.84. The van der Waals surface area contributed by atoms with E-state index in [2.05, 4.69) is 25.1 Å². The van der Waals surface area contributed by atoms with Gasteiger partial charge in [0.25, 0.3) is 0 Å². The summed E-state index contributed by atoms with van der Waals surface area (Å²) in [6.07, 6.45) is 3.96. The third-order valence-corrected chi connectivity index (χ3v) is 5.05. The van der Waals surface area contributed by atoms with E-state index in [-0.39, 0.29) is 0 Å². The predicted molar refractivity (Wildman–Crippen MR) is 62.6 cm³/mol. The fourth-order valence-corrected chi connectivity index (χ4v) is 4.47. The Hall–Kier alpha value is -1.11. The van der Waals surface area contributed by atoms with E-state index in [1.807, 2.05) is 0 Å². The summed E-state index contributed by atoms with van der Waals surface area (Å²) in [7, 11) is 0. The van der Waals surface area contributed by atoms with Crippen molar-refractivity contribution in [3.8, 4) is 0 Å². The molecule has 1 aromatic rings. The molecule has 0 aliphatic heterocycles. The molecular weight excluding hydrogens is 196 g/mol. The van der Waals surface area contributed by atoms with Crippen LogP contribution in [-0.4, -0.2) is 5.78 Å². The summed E-state index contributed by atoms with van der Waals surface area (Å²) < 4.78 is 0. The summed E-state index contributed by atoms with van der Waals surface area (Å²) in [4.78, 5) is 12.4. The second kappa shape index (κ2) is 2.77. The van der Waals surface area contributed by atoms with Crippen molar-refractivity contribution < 1.29 is 4.79 Å². The lowest BCUT2D eigenvalue weighted by atomic mass is 9.79. The molecule has 0 radical (unpaired) electrons. The summed E-state index contributed by atoms with van der Waals surface area (Å²) >= 11 is 0. The normalized spacial score (nSPS) is 38.9. The van der Waals surface area contributed by atoms with Gasteiger partial charge in [0.1, 0.15) is 0 Å². The van der Waals surface area contributed by atoms with Crippen molar-refractivity contribution in [3.05, 3.63) is 34.9 Å². The van der Waals surface area contributed by atoms with Crippen LogP contribution >= 0.6 is 0 Å². The molecule has 0 amide bonds. The minimum Gasteiger partial charge on any atom is -0.294 e. The Balaban J connectivity index is 1.91. The Bertz CT molecular complexity index is 488. The van der Waals surface area contributed by atoms with Gasteiger partial charge in [-0.3, -0.25) is 4.79 Å². The minimum atomic E-state index is 0.357. The highest BCUT2D eigenvalue weighted by Gasteiger charge is 2.55. The molecular formula is C15H16O. The van der Waals surface area contributed by atoms with E-state index in [0.29, 0.717) is 23.5 Å². The summed E-state index contributed by atoms with van der Waals surface area (Å²) in [5, 5.41) is 0. The summed E-state index contributed by atoms with van der Waals surface area (Å²) in [5.41, 5.74) is 3.64. The summed E-state index contributed by atoms with van der Waals surface area (Å²) in [6.45, 7) is 2.08. The number of hydrogen-bond acceptors (Lipinski definition) is 1. The van der Waals surface area contributed by atoms with Gasteiger partial charge in [0.05, 0.1) is 0 Å². The Labute approximate surface area is 95.9 Å². The van der Waals surface area contributed by atoms with Crippen molar-refractivity contribution in [2.75, 3.05) is 0 Å². The molecule has 1 heteroatoms. The Morgan fingerprint density at radius 1 is 1.12 bits per heavy atom. The average Bonchev–Trinajstić information content (AvgIpc) is 2.92. The van der Waals surface area contributed by atoms with Gasteiger partial charge in [-0.05, 0) is 55.6 Å². The van der Waals surface area contributed by atoms with E-state index in [4.69, 9.17) is 0 Å². The van der Waals surface area contributed by atoms with Crippen molar-refractivity contribution in [1.82, 2.24) is 0 Å². The molecule has 82 valence electrons. The molecule has 2 fully saturated rings. The Kier molecular flexibility index (Phi) is 1.55. The van der Waals surface area contributed by atoms with Gasteiger partial charge in [0, 0.05) is 11.5 Å². The molecule has 0 heterocycles. The quantitative estimate of drug-likeness (QED) is 0.644. The van der Waals surface area contributed by atoms with Crippen molar-refractivity contribution in [3.63, 3.8) is 0 Å². The highest BCUT2D eigenvalue weighted by atomic mass is 16.1. The number of fused-ring (bicyclic) bond motifs is 7. The molecule has 16 heavy (non-hydrogen) atoms. The van der Waals surface area contributed by atoms with E-state index in [1.54, 1.807) is 0 Å². The molecule has 0 spiro atoms. The first kappa shape index (κ1) is 8.98. The zero-order valence-electron chi connectivity index (χ0n) is 9.57. The number of aryl methyl sites for hydroxylation is 1. The lowest BCUT2D eigenvalue weighted by Gasteiger charge is -2.23. The topological polar surface area (TPSA) is 17.1 Å². The maximum Gasteiger partial charge on any atom is 0.167 e. The van der Waals surface area contributed by atoms with E-state index < -0.39 is 0 Å². The standard InChI is InChI=1S/C15H16O/c1-8-2-5-11-12(6-8)15(16)14-10-4-3-9(7-10)13(11)14/h2,5-6,9-10,13-14H,3-4,7H2,1H3. The van der Waals surface area contributed by atoms with E-state index in [0.717, 1.165) is 11.5 Å². The number of ketones is 1. The van der Waals surface area contributed by atoms with Crippen LogP contribution in [0.15, 0.2) is 18.2 Å². The van der Waals surface area contributed by atoms with E-state index in [9.17, 15) is 4.79 Å². The zero-order valence-corrected chi connectivity index (χ0v) is 9.57. The lowest BCUT2D eigenvalue weighted by Crippen LogP contribution is -2.20. The van der Waals surface area contributed by atoms with Gasteiger partial charge >= 0.3 is 0 Å². The van der Waals surface area contributed by atoms with Crippen LogP contribution in [0.1, 0.15) is 46.7 Å². The molecule has 1 aromatic carbocycles. The van der Waals surface area contributed by atoms with Crippen molar-refractivity contribution in [2.45, 2.75) is 32.1 Å². The van der Waals surface area contributed by atoms with E-state index >= 15 is 0 Å². The number of hydrogen-bond donors (Lipinski definition) is 0. The van der Waals surface area contributed by atoms with Gasteiger partial charge in [-0.15, -0.1) is 0 Å². The largest absolute Gasteiger partial charge is 0.294 e. The number of rotatable bonds is 0. The van der Waals surface area contributed by atoms with Crippen LogP contribution in [0, 0.1) is 24.7 Å². The first-order valence-electron chi connectivity index (χ1n) is 6.40. The van der Waals surface area contributed by atoms with Gasteiger partial charge in [-0.25, -0.2) is 0 Å². The van der Waals surface area contributed by atoms with Crippen molar-refractivity contribution >= 4 is 5.78 Å². The molecule has 0 aromatic heterocycles. The van der Waals surface area contributed by atoms with Gasteiger partial charge < -0.3 is 0 Å². The Morgan fingerprint density at radius 2 is 1.88 bits per heavy atom. The van der Waals surface area contributed by atoms with Crippen molar-refractivity contribution in [2.24, 2.45) is 17.8 Å². The molecule has 0 N–H and O–H groups in total. The zero-order chi connectivity index (χ0) is 10.9. The molecule has 4 atom stereocenters. The van der Waals surface area contributed by atoms with Gasteiger partial charge in [-0.2, -0.15) is 0 Å². The van der Waals surface area contributed by atoms with Gasteiger partial charge in [0.2, 0.25) is 0 Å². The monoisotopic (exact) mass is 212 g/mol. The molecule has 1 nitrogen and oxygen atoms in total. The number of carbonyl (C=O) groups excluding carboxylic acids is 1. The van der Waals surface area contributed by atoms with Crippen LogP contribution in [0.25, 0.3) is 0 Å². The van der Waals surface area contributed by atoms with Crippen LogP contribution in [0.2, 0.25) is 0 Å². The maximum absolute atomic E-state index is 12.4. The Morgan fingerprint density at radius 3 is 2.69 bits per heavy atom. The molecule has 4 rings (SSSR count). The smallest absolute Gasteiger partial charge is 0.167 e. The van der Waals surface area contributed by atoms with Gasteiger partial charge in [0.15, 0.2) is 5.78 Å². The van der Waals surface area contributed by atoms with Crippen molar-refractivity contribution in [1.29, 1.82) is 0 Å². The third-order valence-electron chi connectivity index (χ3n) is 5.05. The third kappa shape index (κ3) is 0.904. The maximum atomic E-state index is 12.4. The molecule has 2 bridgehead atoms. The molecule has 0 saturated heterocycles. The highest BCUT2D eigenvalue weighted by Crippen LogP contribution is 2.61. The van der Waals surface area contributed by atoms with Crippen LogP contribution in [-0.2, 0) is 0 Å². The van der Waals surface area contributed by atoms with Crippen LogP contribution < -0.4 is 0 Å². The predicted octanol–water partition coefficient (Wildman–Crippen LogP) is 3.32. The summed E-state index contributed by atoms with van der Waals surface area (Å²) in [5.74, 6) is 2.91. The fraction of sp³-hybridized carbons (Fsp3) is 0.533. The van der Waals surface area contributed by atoms with Crippen LogP contribution in [0.3, 0.4) is 0 Å². The molecule has 4 unspecified atom stereocenters. The molecule has 3 aliphatic rings. The minimum absolute atomic E-state index is 0.357.